The van der Waals surface area contributed by atoms with Crippen molar-refractivity contribution in [3.63, 3.8) is 0 Å². The van der Waals surface area contributed by atoms with Gasteiger partial charge in [-0.1, -0.05) is 12.8 Å². The average Bonchev–Trinajstić information content (AvgIpc) is 2.44. The van der Waals surface area contributed by atoms with Crippen molar-refractivity contribution in [2.75, 3.05) is 0 Å². The standard InChI is InChI=1S/C11H15ClN2S/c12-11-13-10(15-14-11)9(7-3-1-4-7)8-5-2-6-8/h7-9H,1-6H2. The summed E-state index contributed by atoms with van der Waals surface area (Å²) in [5, 5.41) is 1.65. The second-order valence-electron chi connectivity index (χ2n) is 4.81. The van der Waals surface area contributed by atoms with Crippen molar-refractivity contribution >= 4 is 23.1 Å². The Labute approximate surface area is 99.2 Å². The Bertz CT molecular complexity index is 330. The zero-order valence-electron chi connectivity index (χ0n) is 8.66. The van der Waals surface area contributed by atoms with Gasteiger partial charge in [0.15, 0.2) is 0 Å². The molecule has 0 aliphatic heterocycles. The minimum absolute atomic E-state index is 0.443. The summed E-state index contributed by atoms with van der Waals surface area (Å²) in [7, 11) is 0. The van der Waals surface area contributed by atoms with Gasteiger partial charge in [-0.25, -0.2) is 4.98 Å². The van der Waals surface area contributed by atoms with E-state index in [-0.39, 0.29) is 0 Å². The molecule has 4 heteroatoms. The zero-order chi connectivity index (χ0) is 10.3. The van der Waals surface area contributed by atoms with E-state index in [1.54, 1.807) is 0 Å². The lowest BCUT2D eigenvalue weighted by Gasteiger charge is -2.41. The molecule has 0 radical (unpaired) electrons. The highest BCUT2D eigenvalue weighted by Crippen LogP contribution is 2.50. The Kier molecular flexibility index (Phi) is 2.69. The molecule has 2 aliphatic carbocycles. The van der Waals surface area contributed by atoms with Gasteiger partial charge in [0.1, 0.15) is 5.01 Å². The van der Waals surface area contributed by atoms with Gasteiger partial charge < -0.3 is 0 Å². The average molecular weight is 243 g/mol. The highest BCUT2D eigenvalue weighted by Gasteiger charge is 2.38. The van der Waals surface area contributed by atoms with E-state index >= 15 is 0 Å². The van der Waals surface area contributed by atoms with Crippen molar-refractivity contribution < 1.29 is 0 Å². The van der Waals surface area contributed by atoms with Crippen LogP contribution in [0.1, 0.15) is 49.5 Å². The molecule has 1 heterocycles. The van der Waals surface area contributed by atoms with E-state index in [0.717, 1.165) is 11.8 Å². The first-order chi connectivity index (χ1) is 7.34. The van der Waals surface area contributed by atoms with E-state index in [4.69, 9.17) is 11.6 Å². The first-order valence-electron chi connectivity index (χ1n) is 5.83. The SMILES string of the molecule is Clc1nsc(C(C2CCC2)C2CCC2)n1. The molecule has 2 saturated carbocycles. The summed E-state index contributed by atoms with van der Waals surface area (Å²) in [6, 6.07) is 0. The van der Waals surface area contributed by atoms with Crippen molar-refractivity contribution in [1.82, 2.24) is 9.36 Å². The van der Waals surface area contributed by atoms with Gasteiger partial charge in [-0.05, 0) is 60.7 Å². The van der Waals surface area contributed by atoms with Crippen LogP contribution in [0, 0.1) is 11.8 Å². The summed E-state index contributed by atoms with van der Waals surface area (Å²) >= 11 is 7.34. The summed E-state index contributed by atoms with van der Waals surface area (Å²) in [5.41, 5.74) is 0. The first kappa shape index (κ1) is 10.0. The van der Waals surface area contributed by atoms with Crippen LogP contribution < -0.4 is 0 Å². The molecule has 2 aliphatic rings. The van der Waals surface area contributed by atoms with Gasteiger partial charge in [0.05, 0.1) is 0 Å². The Morgan fingerprint density at radius 1 is 1.13 bits per heavy atom. The lowest BCUT2D eigenvalue weighted by atomic mass is 9.65. The molecule has 2 fully saturated rings. The van der Waals surface area contributed by atoms with Crippen molar-refractivity contribution in [2.45, 2.75) is 44.4 Å². The third-order valence-corrected chi connectivity index (χ3v) is 5.10. The predicted octanol–water partition coefficient (Wildman–Crippen LogP) is 3.88. The molecular weight excluding hydrogens is 228 g/mol. The second-order valence-corrected chi connectivity index (χ2v) is 5.93. The number of halogens is 1. The van der Waals surface area contributed by atoms with E-state index < -0.39 is 0 Å². The van der Waals surface area contributed by atoms with E-state index in [1.165, 1.54) is 55.1 Å². The fraction of sp³-hybridized carbons (Fsp3) is 0.818. The quantitative estimate of drug-likeness (QED) is 0.804. The van der Waals surface area contributed by atoms with Crippen molar-refractivity contribution in [2.24, 2.45) is 11.8 Å². The molecule has 0 atom stereocenters. The van der Waals surface area contributed by atoms with E-state index in [0.29, 0.717) is 11.2 Å². The molecule has 3 rings (SSSR count). The Morgan fingerprint density at radius 2 is 1.73 bits per heavy atom. The molecule has 2 nitrogen and oxygen atoms in total. The zero-order valence-corrected chi connectivity index (χ0v) is 10.2. The van der Waals surface area contributed by atoms with Crippen molar-refractivity contribution in [3.05, 3.63) is 10.3 Å². The number of aromatic nitrogens is 2. The molecule has 0 aromatic carbocycles. The number of nitrogens with zero attached hydrogens (tertiary/aromatic N) is 2. The summed E-state index contributed by atoms with van der Waals surface area (Å²) in [6.45, 7) is 0. The third kappa shape index (κ3) is 1.80. The summed E-state index contributed by atoms with van der Waals surface area (Å²) in [4.78, 5) is 4.39. The van der Waals surface area contributed by atoms with Crippen molar-refractivity contribution in [1.29, 1.82) is 0 Å². The minimum atomic E-state index is 0.443. The van der Waals surface area contributed by atoms with Crippen LogP contribution in [0.3, 0.4) is 0 Å². The van der Waals surface area contributed by atoms with Gasteiger partial charge >= 0.3 is 0 Å². The molecule has 1 aromatic heterocycles. The van der Waals surface area contributed by atoms with Gasteiger partial charge in [-0.2, -0.15) is 4.37 Å². The molecule has 82 valence electrons. The van der Waals surface area contributed by atoms with Crippen LogP contribution in [0.5, 0.6) is 0 Å². The van der Waals surface area contributed by atoms with Crippen molar-refractivity contribution in [3.8, 4) is 0 Å². The van der Waals surface area contributed by atoms with Gasteiger partial charge in [0.25, 0.3) is 0 Å². The largest absolute Gasteiger partial charge is 0.234 e. The van der Waals surface area contributed by atoms with Crippen LogP contribution in [0.25, 0.3) is 0 Å². The van der Waals surface area contributed by atoms with Crippen LogP contribution >= 0.6 is 23.1 Å². The van der Waals surface area contributed by atoms with Crippen LogP contribution in [-0.2, 0) is 0 Å². The Morgan fingerprint density at radius 3 is 2.07 bits per heavy atom. The monoisotopic (exact) mass is 242 g/mol. The van der Waals surface area contributed by atoms with Gasteiger partial charge in [0, 0.05) is 5.92 Å². The Balaban J connectivity index is 1.81. The summed E-state index contributed by atoms with van der Waals surface area (Å²) in [6.07, 6.45) is 8.36. The lowest BCUT2D eigenvalue weighted by Crippen LogP contribution is -2.30. The molecule has 0 amide bonds. The second kappa shape index (κ2) is 4.02. The minimum Gasteiger partial charge on any atom is -0.209 e. The fourth-order valence-corrected chi connectivity index (χ4v) is 3.83. The molecule has 0 N–H and O–H groups in total. The maximum atomic E-state index is 5.82. The summed E-state index contributed by atoms with van der Waals surface area (Å²) in [5.74, 6) is 2.43. The van der Waals surface area contributed by atoms with Crippen LogP contribution in [0.15, 0.2) is 0 Å². The van der Waals surface area contributed by atoms with E-state index in [9.17, 15) is 0 Å². The third-order valence-electron chi connectivity index (χ3n) is 4.02. The number of hydrogen-bond donors (Lipinski definition) is 0. The highest BCUT2D eigenvalue weighted by atomic mass is 35.5. The maximum absolute atomic E-state index is 5.82. The van der Waals surface area contributed by atoms with Crippen LogP contribution in [0.2, 0.25) is 5.28 Å². The summed E-state index contributed by atoms with van der Waals surface area (Å²) < 4.78 is 4.12. The Hall–Kier alpha value is -0.150. The molecule has 1 aromatic rings. The number of rotatable bonds is 3. The van der Waals surface area contributed by atoms with Crippen LogP contribution in [-0.4, -0.2) is 9.36 Å². The van der Waals surface area contributed by atoms with E-state index in [2.05, 4.69) is 9.36 Å². The van der Waals surface area contributed by atoms with Gasteiger partial charge in [0.2, 0.25) is 5.28 Å². The van der Waals surface area contributed by atoms with Gasteiger partial charge in [-0.3, -0.25) is 0 Å². The molecule has 0 spiro atoms. The normalized spacial score (nSPS) is 22.8. The lowest BCUT2D eigenvalue weighted by molar-refractivity contribution is 0.149. The van der Waals surface area contributed by atoms with Crippen LogP contribution in [0.4, 0.5) is 0 Å². The van der Waals surface area contributed by atoms with Gasteiger partial charge in [-0.15, -0.1) is 0 Å². The molecule has 0 saturated heterocycles. The topological polar surface area (TPSA) is 25.8 Å². The molecular formula is C11H15ClN2S. The highest BCUT2D eigenvalue weighted by molar-refractivity contribution is 7.05. The van der Waals surface area contributed by atoms with E-state index in [1.807, 2.05) is 0 Å². The first-order valence-corrected chi connectivity index (χ1v) is 6.99. The fourth-order valence-electron chi connectivity index (χ4n) is 2.74. The predicted molar refractivity (Wildman–Crippen MR) is 62.3 cm³/mol. The maximum Gasteiger partial charge on any atom is 0.234 e. The molecule has 15 heavy (non-hydrogen) atoms. The molecule has 0 unspecified atom stereocenters. The smallest absolute Gasteiger partial charge is 0.209 e. The number of hydrogen-bond acceptors (Lipinski definition) is 3. The molecule has 0 bridgehead atoms.